The maximum absolute atomic E-state index is 14.2. The number of rotatable bonds is 4. The number of aromatic nitrogens is 3. The summed E-state index contributed by atoms with van der Waals surface area (Å²) in [6.07, 6.45) is 4.47. The molecule has 2 aromatic carbocycles. The first-order chi connectivity index (χ1) is 14.5. The summed E-state index contributed by atoms with van der Waals surface area (Å²) in [5.41, 5.74) is 1.60. The van der Waals surface area contributed by atoms with E-state index < -0.39 is 11.7 Å². The molecule has 0 aliphatic carbocycles. The fraction of sp³-hybridized carbons (Fsp3) is 0. The number of carbonyl (C=O) groups is 1. The number of nitrogens with one attached hydrogen (secondary N) is 1. The molecule has 0 saturated heterocycles. The van der Waals surface area contributed by atoms with Gasteiger partial charge >= 0.3 is 0 Å². The molecule has 0 atom stereocenters. The molecule has 0 aliphatic rings. The van der Waals surface area contributed by atoms with Gasteiger partial charge in [0.15, 0.2) is 11.6 Å². The monoisotopic (exact) mass is 422 g/mol. The molecule has 2 aromatic heterocycles. The van der Waals surface area contributed by atoms with Crippen molar-refractivity contribution < 1.29 is 13.6 Å². The number of halogens is 3. The second-order valence-corrected chi connectivity index (χ2v) is 6.66. The van der Waals surface area contributed by atoms with Gasteiger partial charge in [-0.2, -0.15) is 0 Å². The van der Waals surface area contributed by atoms with E-state index in [1.807, 2.05) is 0 Å². The third-order valence-corrected chi connectivity index (χ3v) is 4.58. The minimum absolute atomic E-state index is 0.0595. The number of hydrogen-bond donors (Lipinski definition) is 1. The van der Waals surface area contributed by atoms with Crippen molar-refractivity contribution in [2.24, 2.45) is 0 Å². The molecule has 4 rings (SSSR count). The lowest BCUT2D eigenvalue weighted by Gasteiger charge is -2.12. The summed E-state index contributed by atoms with van der Waals surface area (Å²) in [4.78, 5) is 25.6. The van der Waals surface area contributed by atoms with E-state index in [0.29, 0.717) is 22.6 Å². The van der Waals surface area contributed by atoms with Gasteiger partial charge in [-0.15, -0.1) is 0 Å². The van der Waals surface area contributed by atoms with E-state index in [-0.39, 0.29) is 22.1 Å². The quantitative estimate of drug-likeness (QED) is 0.479. The van der Waals surface area contributed by atoms with Crippen molar-refractivity contribution in [1.82, 2.24) is 15.0 Å². The lowest BCUT2D eigenvalue weighted by atomic mass is 10.1. The van der Waals surface area contributed by atoms with Gasteiger partial charge < -0.3 is 5.32 Å². The molecule has 1 N–H and O–H groups in total. The van der Waals surface area contributed by atoms with E-state index in [0.717, 1.165) is 0 Å². The normalized spacial score (nSPS) is 10.6. The zero-order chi connectivity index (χ0) is 21.1. The second kappa shape index (κ2) is 8.34. The van der Waals surface area contributed by atoms with E-state index in [2.05, 4.69) is 20.3 Å². The van der Waals surface area contributed by atoms with Crippen LogP contribution in [0.5, 0.6) is 0 Å². The van der Waals surface area contributed by atoms with E-state index in [1.54, 1.807) is 36.7 Å². The molecule has 1 amide bonds. The molecule has 0 radical (unpaired) electrons. The molecular weight excluding hydrogens is 410 g/mol. The van der Waals surface area contributed by atoms with Gasteiger partial charge in [0.05, 0.1) is 22.0 Å². The molecule has 8 heteroatoms. The van der Waals surface area contributed by atoms with Crippen LogP contribution in [0.4, 0.5) is 14.5 Å². The first kappa shape index (κ1) is 19.6. The average molecular weight is 423 g/mol. The fourth-order valence-electron chi connectivity index (χ4n) is 2.81. The molecule has 0 bridgehead atoms. The van der Waals surface area contributed by atoms with Gasteiger partial charge in [0.2, 0.25) is 0 Å². The SMILES string of the molecule is O=C(Nc1cccc(Cl)c1F)c1cnc(-c2ccc(F)cc2)nc1-c1ccncc1. The van der Waals surface area contributed by atoms with Crippen molar-refractivity contribution in [1.29, 1.82) is 0 Å². The van der Waals surface area contributed by atoms with Crippen LogP contribution in [0.25, 0.3) is 22.6 Å². The first-order valence-corrected chi connectivity index (χ1v) is 9.19. The summed E-state index contributed by atoms with van der Waals surface area (Å²) in [5.74, 6) is -1.41. The number of anilines is 1. The maximum atomic E-state index is 14.2. The molecule has 4 aromatic rings. The van der Waals surface area contributed by atoms with Gasteiger partial charge in [0, 0.05) is 29.7 Å². The smallest absolute Gasteiger partial charge is 0.259 e. The molecular formula is C22H13ClF2N4O. The summed E-state index contributed by atoms with van der Waals surface area (Å²) < 4.78 is 27.4. The minimum Gasteiger partial charge on any atom is -0.319 e. The Labute approximate surface area is 175 Å². The van der Waals surface area contributed by atoms with Gasteiger partial charge in [-0.1, -0.05) is 17.7 Å². The van der Waals surface area contributed by atoms with Gasteiger partial charge in [0.1, 0.15) is 5.82 Å². The third kappa shape index (κ3) is 4.01. The van der Waals surface area contributed by atoms with Crippen LogP contribution in [0.15, 0.2) is 73.2 Å². The number of pyridine rings is 1. The Morgan fingerprint density at radius 1 is 0.933 bits per heavy atom. The van der Waals surface area contributed by atoms with E-state index >= 15 is 0 Å². The van der Waals surface area contributed by atoms with Crippen molar-refractivity contribution in [2.45, 2.75) is 0 Å². The molecule has 0 aliphatic heterocycles. The van der Waals surface area contributed by atoms with Gasteiger partial charge in [-0.05, 0) is 48.5 Å². The standard InChI is InChI=1S/C22H13ClF2N4O/c23-17-2-1-3-18(19(17)25)28-22(30)16-12-27-21(14-4-6-15(24)7-5-14)29-20(16)13-8-10-26-11-9-13/h1-12H,(H,28,30). The van der Waals surface area contributed by atoms with Gasteiger partial charge in [-0.3, -0.25) is 9.78 Å². The van der Waals surface area contributed by atoms with Crippen molar-refractivity contribution in [3.05, 3.63) is 95.4 Å². The van der Waals surface area contributed by atoms with Crippen LogP contribution in [0.1, 0.15) is 10.4 Å². The van der Waals surface area contributed by atoms with Crippen LogP contribution in [0.2, 0.25) is 5.02 Å². The van der Waals surface area contributed by atoms with E-state index in [9.17, 15) is 13.6 Å². The van der Waals surface area contributed by atoms with Crippen LogP contribution >= 0.6 is 11.6 Å². The summed E-state index contributed by atoms with van der Waals surface area (Å²) >= 11 is 5.79. The Hall–Kier alpha value is -3.71. The van der Waals surface area contributed by atoms with Crippen LogP contribution < -0.4 is 5.32 Å². The number of amides is 1. The van der Waals surface area contributed by atoms with Gasteiger partial charge in [-0.25, -0.2) is 18.7 Å². The predicted molar refractivity (Wildman–Crippen MR) is 110 cm³/mol. The Kier molecular flexibility index (Phi) is 5.45. The van der Waals surface area contributed by atoms with Crippen molar-refractivity contribution >= 4 is 23.2 Å². The van der Waals surface area contributed by atoms with Gasteiger partial charge in [0.25, 0.3) is 5.91 Å². The van der Waals surface area contributed by atoms with Crippen molar-refractivity contribution in [3.8, 4) is 22.6 Å². The first-order valence-electron chi connectivity index (χ1n) is 8.81. The number of nitrogens with zero attached hydrogens (tertiary/aromatic N) is 3. The average Bonchev–Trinajstić information content (AvgIpc) is 2.77. The molecule has 0 spiro atoms. The Bertz CT molecular complexity index is 1220. The lowest BCUT2D eigenvalue weighted by molar-refractivity contribution is 0.102. The lowest BCUT2D eigenvalue weighted by Crippen LogP contribution is -2.16. The Morgan fingerprint density at radius 3 is 2.40 bits per heavy atom. The van der Waals surface area contributed by atoms with Crippen LogP contribution in [-0.2, 0) is 0 Å². The van der Waals surface area contributed by atoms with Crippen LogP contribution in [-0.4, -0.2) is 20.9 Å². The second-order valence-electron chi connectivity index (χ2n) is 6.25. The largest absolute Gasteiger partial charge is 0.319 e. The van der Waals surface area contributed by atoms with Crippen molar-refractivity contribution in [3.63, 3.8) is 0 Å². The van der Waals surface area contributed by atoms with E-state index in [1.165, 1.54) is 36.5 Å². The highest BCUT2D eigenvalue weighted by Crippen LogP contribution is 2.27. The highest BCUT2D eigenvalue weighted by molar-refractivity contribution is 6.31. The number of carbonyl (C=O) groups excluding carboxylic acids is 1. The predicted octanol–water partition coefficient (Wildman–Crippen LogP) is 5.39. The number of hydrogen-bond acceptors (Lipinski definition) is 4. The van der Waals surface area contributed by atoms with Crippen molar-refractivity contribution in [2.75, 3.05) is 5.32 Å². The number of benzene rings is 2. The summed E-state index contributed by atoms with van der Waals surface area (Å²) in [6, 6.07) is 13.4. The molecule has 0 unspecified atom stereocenters. The summed E-state index contributed by atoms with van der Waals surface area (Å²) in [5, 5.41) is 2.39. The molecule has 5 nitrogen and oxygen atoms in total. The molecule has 148 valence electrons. The zero-order valence-electron chi connectivity index (χ0n) is 15.3. The molecule has 0 fully saturated rings. The van der Waals surface area contributed by atoms with E-state index in [4.69, 9.17) is 11.6 Å². The summed E-state index contributed by atoms with van der Waals surface area (Å²) in [7, 11) is 0. The maximum Gasteiger partial charge on any atom is 0.259 e. The highest BCUT2D eigenvalue weighted by Gasteiger charge is 2.19. The third-order valence-electron chi connectivity index (χ3n) is 4.29. The summed E-state index contributed by atoms with van der Waals surface area (Å²) in [6.45, 7) is 0. The highest BCUT2D eigenvalue weighted by atomic mass is 35.5. The minimum atomic E-state index is -0.734. The van der Waals surface area contributed by atoms with Crippen LogP contribution in [0, 0.1) is 11.6 Å². The zero-order valence-corrected chi connectivity index (χ0v) is 16.1. The molecule has 0 saturated carbocycles. The molecule has 2 heterocycles. The molecule has 30 heavy (non-hydrogen) atoms. The topological polar surface area (TPSA) is 67.8 Å². The Morgan fingerprint density at radius 2 is 1.67 bits per heavy atom. The van der Waals surface area contributed by atoms with Crippen LogP contribution in [0.3, 0.4) is 0 Å². The Balaban J connectivity index is 1.77. The fourth-order valence-corrected chi connectivity index (χ4v) is 2.98.